The largest absolute Gasteiger partial charge is 0.335 e. The van der Waals surface area contributed by atoms with E-state index in [0.29, 0.717) is 29.1 Å². The Bertz CT molecular complexity index is 1090. The molecule has 8 nitrogen and oxygen atoms in total. The number of nitrogens with one attached hydrogen (secondary N) is 1. The molecular weight excluding hydrogens is 368 g/mol. The highest BCUT2D eigenvalue weighted by molar-refractivity contribution is 6.05. The van der Waals surface area contributed by atoms with Gasteiger partial charge in [0.05, 0.1) is 11.3 Å². The van der Waals surface area contributed by atoms with Crippen LogP contribution in [-0.2, 0) is 0 Å². The molecule has 144 valence electrons. The second-order valence-electron chi connectivity index (χ2n) is 6.03. The lowest BCUT2D eigenvalue weighted by molar-refractivity contribution is 0.102. The number of nitriles is 1. The van der Waals surface area contributed by atoms with E-state index in [-0.39, 0.29) is 11.8 Å². The van der Waals surface area contributed by atoms with E-state index in [1.165, 1.54) is 12.4 Å². The first-order valence-electron chi connectivity index (χ1n) is 8.89. The summed E-state index contributed by atoms with van der Waals surface area (Å²) in [5.74, 6) is 0.280. The van der Waals surface area contributed by atoms with Crippen molar-refractivity contribution in [3.05, 3.63) is 77.4 Å². The molecule has 0 aliphatic carbocycles. The second-order valence-corrected chi connectivity index (χ2v) is 6.03. The highest BCUT2D eigenvalue weighted by atomic mass is 16.6. The Balaban J connectivity index is 1.73. The van der Waals surface area contributed by atoms with Crippen LogP contribution < -0.4 is 10.2 Å². The summed E-state index contributed by atoms with van der Waals surface area (Å²) in [6, 6.07) is 10.5. The Morgan fingerprint density at radius 2 is 2.07 bits per heavy atom. The predicted octanol–water partition coefficient (Wildman–Crippen LogP) is 3.50. The van der Waals surface area contributed by atoms with Crippen LogP contribution >= 0.6 is 0 Å². The first-order valence-corrected chi connectivity index (χ1v) is 8.89. The van der Waals surface area contributed by atoms with Gasteiger partial charge in [-0.25, -0.2) is 9.97 Å². The number of hydrogen-bond acceptors (Lipinski definition) is 7. The summed E-state index contributed by atoms with van der Waals surface area (Å²) in [5.41, 5.74) is 2.99. The van der Waals surface area contributed by atoms with Gasteiger partial charge >= 0.3 is 0 Å². The van der Waals surface area contributed by atoms with Gasteiger partial charge in [0, 0.05) is 30.4 Å². The van der Waals surface area contributed by atoms with Gasteiger partial charge in [-0.2, -0.15) is 5.26 Å². The van der Waals surface area contributed by atoms with Crippen LogP contribution in [0.2, 0.25) is 0 Å². The lowest BCUT2D eigenvalue weighted by Crippen LogP contribution is -2.15. The fourth-order valence-corrected chi connectivity index (χ4v) is 2.49. The molecule has 0 spiro atoms. The van der Waals surface area contributed by atoms with E-state index >= 15 is 0 Å². The van der Waals surface area contributed by atoms with Crippen molar-refractivity contribution in [2.45, 2.75) is 20.3 Å². The van der Waals surface area contributed by atoms with Crippen LogP contribution in [0.25, 0.3) is 0 Å². The molecule has 0 unspecified atom stereocenters. The normalized spacial score (nSPS) is 10.9. The smallest absolute Gasteiger partial charge is 0.266 e. The number of hydrogen-bond donors (Lipinski definition) is 1. The number of carbonyl (C=O) groups is 1. The number of carbonyl (C=O) groups excluding carboxylic acids is 1. The highest BCUT2D eigenvalue weighted by Crippen LogP contribution is 2.15. The van der Waals surface area contributed by atoms with Crippen molar-refractivity contribution in [3.63, 3.8) is 0 Å². The van der Waals surface area contributed by atoms with E-state index in [2.05, 4.69) is 25.4 Å². The van der Waals surface area contributed by atoms with Gasteiger partial charge in [-0.15, -0.1) is 0 Å². The fraction of sp³-hybridized carbons (Fsp3) is 0.143. The van der Waals surface area contributed by atoms with Gasteiger partial charge in [-0.1, -0.05) is 12.1 Å². The standard InChI is InChI=1S/C21H18N6O2/c1-3-18(27-29-21-15(11-22)5-4-9-24-21)16-6-7-19(25-12-16)26-20(28)17-13-23-10-8-14(17)2/h4-10,12-13H,3H2,1-2H3,(H,25,26,28)/b27-18-. The van der Waals surface area contributed by atoms with Crippen LogP contribution in [0, 0.1) is 18.3 Å². The molecule has 0 radical (unpaired) electrons. The van der Waals surface area contributed by atoms with Gasteiger partial charge in [0.2, 0.25) is 0 Å². The zero-order chi connectivity index (χ0) is 20.6. The Labute approximate surface area is 167 Å². The number of oxime groups is 1. The molecule has 29 heavy (non-hydrogen) atoms. The number of aromatic nitrogens is 3. The molecule has 8 heteroatoms. The van der Waals surface area contributed by atoms with Crippen molar-refractivity contribution >= 4 is 17.4 Å². The van der Waals surface area contributed by atoms with Crippen LogP contribution in [0.1, 0.15) is 40.4 Å². The molecule has 0 saturated carbocycles. The number of pyridine rings is 3. The maximum atomic E-state index is 12.4. The average Bonchev–Trinajstić information content (AvgIpc) is 2.75. The summed E-state index contributed by atoms with van der Waals surface area (Å²) < 4.78 is 0. The number of amides is 1. The van der Waals surface area contributed by atoms with Crippen molar-refractivity contribution in [1.82, 2.24) is 15.0 Å². The van der Waals surface area contributed by atoms with Gasteiger partial charge in [0.15, 0.2) is 0 Å². The summed E-state index contributed by atoms with van der Waals surface area (Å²) in [5, 5.41) is 16.0. The molecule has 3 rings (SSSR count). The molecule has 3 aromatic heterocycles. The van der Waals surface area contributed by atoms with Crippen LogP contribution in [0.5, 0.6) is 5.88 Å². The first kappa shape index (κ1) is 19.6. The minimum atomic E-state index is -0.275. The third kappa shape index (κ3) is 4.78. The Morgan fingerprint density at radius 3 is 2.76 bits per heavy atom. The van der Waals surface area contributed by atoms with E-state index in [0.717, 1.165) is 11.1 Å². The number of rotatable bonds is 6. The highest BCUT2D eigenvalue weighted by Gasteiger charge is 2.11. The third-order valence-electron chi connectivity index (χ3n) is 4.09. The van der Waals surface area contributed by atoms with Gasteiger partial charge in [0.1, 0.15) is 17.5 Å². The molecule has 0 atom stereocenters. The molecule has 0 aromatic carbocycles. The van der Waals surface area contributed by atoms with E-state index in [1.54, 1.807) is 42.7 Å². The third-order valence-corrected chi connectivity index (χ3v) is 4.09. The monoisotopic (exact) mass is 386 g/mol. The summed E-state index contributed by atoms with van der Waals surface area (Å²) in [6.07, 6.45) is 6.86. The van der Waals surface area contributed by atoms with Crippen LogP contribution in [0.3, 0.4) is 0 Å². The maximum absolute atomic E-state index is 12.4. The molecule has 1 amide bonds. The first-order chi connectivity index (χ1) is 14.1. The molecule has 1 N–H and O–H groups in total. The summed E-state index contributed by atoms with van der Waals surface area (Å²) in [6.45, 7) is 3.77. The van der Waals surface area contributed by atoms with Crippen molar-refractivity contribution in [1.29, 1.82) is 5.26 Å². The Morgan fingerprint density at radius 1 is 1.21 bits per heavy atom. The fourth-order valence-electron chi connectivity index (χ4n) is 2.49. The van der Waals surface area contributed by atoms with Crippen LogP contribution in [0.15, 0.2) is 60.3 Å². The van der Waals surface area contributed by atoms with Gasteiger partial charge in [-0.3, -0.25) is 9.78 Å². The van der Waals surface area contributed by atoms with Crippen molar-refractivity contribution < 1.29 is 9.63 Å². The van der Waals surface area contributed by atoms with Crippen LogP contribution in [0.4, 0.5) is 5.82 Å². The van der Waals surface area contributed by atoms with Gasteiger partial charge < -0.3 is 10.2 Å². The Hall–Kier alpha value is -4.12. The summed E-state index contributed by atoms with van der Waals surface area (Å²) in [4.78, 5) is 30.0. The minimum Gasteiger partial charge on any atom is -0.335 e. The van der Waals surface area contributed by atoms with E-state index in [1.807, 2.05) is 19.9 Å². The lowest BCUT2D eigenvalue weighted by Gasteiger charge is -2.08. The van der Waals surface area contributed by atoms with E-state index in [4.69, 9.17) is 10.1 Å². The molecule has 0 fully saturated rings. The van der Waals surface area contributed by atoms with E-state index in [9.17, 15) is 4.79 Å². The summed E-state index contributed by atoms with van der Waals surface area (Å²) in [7, 11) is 0. The average molecular weight is 386 g/mol. The summed E-state index contributed by atoms with van der Waals surface area (Å²) >= 11 is 0. The lowest BCUT2D eigenvalue weighted by atomic mass is 10.1. The van der Waals surface area contributed by atoms with Gasteiger partial charge in [-0.05, 0) is 49.2 Å². The van der Waals surface area contributed by atoms with Crippen LogP contribution in [-0.4, -0.2) is 26.6 Å². The van der Waals surface area contributed by atoms with Gasteiger partial charge in [0.25, 0.3) is 11.8 Å². The van der Waals surface area contributed by atoms with Crippen molar-refractivity contribution in [2.75, 3.05) is 5.32 Å². The zero-order valence-corrected chi connectivity index (χ0v) is 16.0. The molecule has 3 heterocycles. The molecule has 0 saturated heterocycles. The molecule has 0 aliphatic rings. The topological polar surface area (TPSA) is 113 Å². The van der Waals surface area contributed by atoms with Crippen molar-refractivity contribution in [2.24, 2.45) is 5.16 Å². The minimum absolute atomic E-state index is 0.143. The molecule has 3 aromatic rings. The quantitative estimate of drug-likeness (QED) is 0.512. The Kier molecular flexibility index (Phi) is 6.22. The number of aryl methyl sites for hydroxylation is 1. The second kappa shape index (κ2) is 9.19. The molecular formula is C21H18N6O2. The van der Waals surface area contributed by atoms with E-state index < -0.39 is 0 Å². The van der Waals surface area contributed by atoms with Crippen molar-refractivity contribution in [3.8, 4) is 11.9 Å². The zero-order valence-electron chi connectivity index (χ0n) is 16.0. The number of anilines is 1. The predicted molar refractivity (Wildman–Crippen MR) is 108 cm³/mol. The maximum Gasteiger partial charge on any atom is 0.266 e. The SMILES string of the molecule is CC/C(=N/Oc1ncccc1C#N)c1ccc(NC(=O)c2cnccc2C)nc1. The number of nitrogens with zero attached hydrogens (tertiary/aromatic N) is 5. The molecule has 0 bridgehead atoms. The molecule has 0 aliphatic heterocycles.